The molecule has 0 unspecified atom stereocenters. The van der Waals surface area contributed by atoms with Crippen molar-refractivity contribution in [2.75, 3.05) is 5.73 Å². The molecule has 2 heterocycles. The first-order valence-electron chi connectivity index (χ1n) is 5.86. The van der Waals surface area contributed by atoms with Crippen molar-refractivity contribution in [2.45, 2.75) is 11.6 Å². The molecule has 0 saturated carbocycles. The van der Waals surface area contributed by atoms with Crippen molar-refractivity contribution in [1.29, 1.82) is 0 Å². The Bertz CT molecular complexity index is 785. The highest BCUT2D eigenvalue weighted by Gasteiger charge is 2.42. The van der Waals surface area contributed by atoms with Gasteiger partial charge in [0.05, 0.1) is 12.1 Å². The molecule has 1 aliphatic heterocycles. The number of carbonyl (C=O) groups excluding carboxylic acids is 1. The van der Waals surface area contributed by atoms with Gasteiger partial charge in [-0.1, -0.05) is 12.1 Å². The maximum absolute atomic E-state index is 12.3. The van der Waals surface area contributed by atoms with Crippen LogP contribution in [0.3, 0.4) is 0 Å². The van der Waals surface area contributed by atoms with Crippen molar-refractivity contribution in [3.63, 3.8) is 0 Å². The maximum atomic E-state index is 12.3. The van der Waals surface area contributed by atoms with E-state index in [0.29, 0.717) is 11.3 Å². The first-order valence-corrected chi connectivity index (χ1v) is 7.30. The van der Waals surface area contributed by atoms with Crippen molar-refractivity contribution in [3.05, 3.63) is 53.7 Å². The summed E-state index contributed by atoms with van der Waals surface area (Å²) < 4.78 is 25.4. The van der Waals surface area contributed by atoms with E-state index in [9.17, 15) is 13.2 Å². The number of nitrogen functional groups attached to an aromatic ring is 1. The third kappa shape index (κ3) is 1.83. The van der Waals surface area contributed by atoms with Gasteiger partial charge in [0, 0.05) is 11.9 Å². The molecule has 7 heteroatoms. The number of hydrogen-bond donors (Lipinski definition) is 1. The van der Waals surface area contributed by atoms with Crippen LogP contribution in [0.1, 0.15) is 15.9 Å². The molecular weight excluding hydrogens is 278 g/mol. The normalized spacial score (nSPS) is 16.2. The van der Waals surface area contributed by atoms with E-state index in [1.807, 2.05) is 0 Å². The summed E-state index contributed by atoms with van der Waals surface area (Å²) in [4.78, 5) is 16.0. The third-order valence-electron chi connectivity index (χ3n) is 3.07. The van der Waals surface area contributed by atoms with Crippen LogP contribution >= 0.6 is 0 Å². The minimum absolute atomic E-state index is 0.0300. The summed E-state index contributed by atoms with van der Waals surface area (Å²) in [5.41, 5.74) is 6.95. The van der Waals surface area contributed by atoms with E-state index in [4.69, 9.17) is 5.73 Å². The Kier molecular flexibility index (Phi) is 2.72. The minimum atomic E-state index is -3.86. The summed E-state index contributed by atoms with van der Waals surface area (Å²) >= 11 is 0. The van der Waals surface area contributed by atoms with Gasteiger partial charge in [-0.15, -0.1) is 0 Å². The predicted octanol–water partition coefficient (Wildman–Crippen LogP) is 1.01. The van der Waals surface area contributed by atoms with E-state index < -0.39 is 15.9 Å². The highest BCUT2D eigenvalue weighted by molar-refractivity contribution is 7.90. The number of aromatic nitrogens is 1. The molecule has 1 aromatic heterocycles. The molecule has 1 aliphatic rings. The quantitative estimate of drug-likeness (QED) is 0.833. The summed E-state index contributed by atoms with van der Waals surface area (Å²) in [6, 6.07) is 9.70. The number of pyridine rings is 1. The van der Waals surface area contributed by atoms with Gasteiger partial charge in [-0.2, -0.15) is 8.42 Å². The summed E-state index contributed by atoms with van der Waals surface area (Å²) in [6.45, 7) is -0.0300. The van der Waals surface area contributed by atoms with E-state index >= 15 is 0 Å². The van der Waals surface area contributed by atoms with Crippen LogP contribution in [0.4, 0.5) is 5.69 Å². The number of anilines is 1. The van der Waals surface area contributed by atoms with E-state index in [0.717, 1.165) is 4.31 Å². The van der Waals surface area contributed by atoms with Crippen LogP contribution < -0.4 is 5.73 Å². The largest absolute Gasteiger partial charge is 0.399 e. The molecule has 0 saturated heterocycles. The lowest BCUT2D eigenvalue weighted by atomic mass is 10.2. The van der Waals surface area contributed by atoms with Crippen LogP contribution in [0.15, 0.2) is 47.6 Å². The fourth-order valence-electron chi connectivity index (χ4n) is 2.05. The number of fused-ring (bicyclic) bond motifs is 1. The van der Waals surface area contributed by atoms with E-state index in [-0.39, 0.29) is 17.1 Å². The van der Waals surface area contributed by atoms with Crippen LogP contribution in [0, 0.1) is 0 Å². The van der Waals surface area contributed by atoms with E-state index in [1.165, 1.54) is 12.3 Å². The van der Waals surface area contributed by atoms with E-state index in [2.05, 4.69) is 4.98 Å². The van der Waals surface area contributed by atoms with Gasteiger partial charge in [-0.3, -0.25) is 4.79 Å². The number of carbonyl (C=O) groups is 1. The van der Waals surface area contributed by atoms with Crippen LogP contribution in [0.5, 0.6) is 0 Å². The van der Waals surface area contributed by atoms with E-state index in [1.54, 1.807) is 30.3 Å². The van der Waals surface area contributed by atoms with Gasteiger partial charge in [0.1, 0.15) is 0 Å². The zero-order valence-corrected chi connectivity index (χ0v) is 11.2. The number of amides is 1. The smallest absolute Gasteiger partial charge is 0.285 e. The molecule has 0 bridgehead atoms. The Balaban J connectivity index is 2.00. The van der Waals surface area contributed by atoms with Crippen LogP contribution in [0.25, 0.3) is 0 Å². The number of rotatable bonds is 2. The fraction of sp³-hybridized carbons (Fsp3) is 0.0769. The van der Waals surface area contributed by atoms with Crippen molar-refractivity contribution >= 4 is 21.6 Å². The maximum Gasteiger partial charge on any atom is 0.285 e. The molecule has 2 N–H and O–H groups in total. The summed E-state index contributed by atoms with van der Waals surface area (Å²) in [5, 5.41) is -0.180. The second-order valence-corrected chi connectivity index (χ2v) is 6.19. The van der Waals surface area contributed by atoms with Gasteiger partial charge in [-0.25, -0.2) is 9.29 Å². The van der Waals surface area contributed by atoms with Crippen molar-refractivity contribution in [2.24, 2.45) is 0 Å². The van der Waals surface area contributed by atoms with Crippen molar-refractivity contribution < 1.29 is 13.2 Å². The highest BCUT2D eigenvalue weighted by Crippen LogP contribution is 2.29. The standard InChI is InChI=1S/C13H11N3O3S/c14-10-5-3-9(4-6-10)8-16-13(17)11-2-1-7-15-12(11)20(16,18)19/h1-7H,8,14H2. The molecule has 20 heavy (non-hydrogen) atoms. The van der Waals surface area contributed by atoms with Gasteiger partial charge < -0.3 is 5.73 Å². The van der Waals surface area contributed by atoms with Crippen LogP contribution in [0.2, 0.25) is 0 Å². The minimum Gasteiger partial charge on any atom is -0.399 e. The van der Waals surface area contributed by atoms with Gasteiger partial charge in [0.2, 0.25) is 0 Å². The molecule has 1 amide bonds. The lowest BCUT2D eigenvalue weighted by molar-refractivity contribution is 0.0865. The zero-order valence-electron chi connectivity index (χ0n) is 10.4. The summed E-state index contributed by atoms with van der Waals surface area (Å²) in [5.74, 6) is -0.551. The Labute approximate surface area is 115 Å². The number of nitrogens with two attached hydrogens (primary N) is 1. The molecule has 0 fully saturated rings. The lowest BCUT2D eigenvalue weighted by Crippen LogP contribution is -2.29. The number of benzene rings is 1. The predicted molar refractivity (Wildman–Crippen MR) is 72.2 cm³/mol. The fourth-order valence-corrected chi connectivity index (χ4v) is 3.52. The van der Waals surface area contributed by atoms with Crippen molar-refractivity contribution in [3.8, 4) is 0 Å². The van der Waals surface area contributed by atoms with Gasteiger partial charge >= 0.3 is 0 Å². The number of nitrogens with zero attached hydrogens (tertiary/aromatic N) is 2. The number of sulfonamides is 1. The molecule has 1 aromatic carbocycles. The average Bonchev–Trinajstić information content (AvgIpc) is 2.63. The van der Waals surface area contributed by atoms with Crippen LogP contribution in [-0.2, 0) is 16.6 Å². The Hall–Kier alpha value is -2.41. The second kappa shape index (κ2) is 4.31. The molecule has 0 spiro atoms. The average molecular weight is 289 g/mol. The molecule has 6 nitrogen and oxygen atoms in total. The first kappa shape index (κ1) is 12.6. The second-order valence-electron chi connectivity index (χ2n) is 4.41. The lowest BCUT2D eigenvalue weighted by Gasteiger charge is -2.14. The molecular formula is C13H11N3O3S. The number of hydrogen-bond acceptors (Lipinski definition) is 5. The molecule has 0 aliphatic carbocycles. The van der Waals surface area contributed by atoms with Gasteiger partial charge in [0.15, 0.2) is 5.03 Å². The molecule has 0 radical (unpaired) electrons. The molecule has 0 atom stereocenters. The van der Waals surface area contributed by atoms with Gasteiger partial charge in [-0.05, 0) is 29.8 Å². The monoisotopic (exact) mass is 289 g/mol. The highest BCUT2D eigenvalue weighted by atomic mass is 32.2. The third-order valence-corrected chi connectivity index (χ3v) is 4.76. The first-order chi connectivity index (χ1) is 9.50. The SMILES string of the molecule is Nc1ccc(CN2C(=O)c3cccnc3S2(=O)=O)cc1. The Morgan fingerprint density at radius 1 is 1.15 bits per heavy atom. The van der Waals surface area contributed by atoms with Crippen molar-refractivity contribution in [1.82, 2.24) is 9.29 Å². The van der Waals surface area contributed by atoms with Gasteiger partial charge in [0.25, 0.3) is 15.9 Å². The molecule has 102 valence electrons. The Morgan fingerprint density at radius 3 is 2.50 bits per heavy atom. The molecule has 2 aromatic rings. The zero-order chi connectivity index (χ0) is 14.3. The summed E-state index contributed by atoms with van der Waals surface area (Å²) in [6.07, 6.45) is 1.36. The van der Waals surface area contributed by atoms with Crippen LogP contribution in [-0.4, -0.2) is 23.6 Å². The topological polar surface area (TPSA) is 93.4 Å². The summed E-state index contributed by atoms with van der Waals surface area (Å²) in [7, 11) is -3.86. The Morgan fingerprint density at radius 2 is 1.85 bits per heavy atom. The molecule has 3 rings (SSSR count).